The molecule has 1 aromatic rings. The Morgan fingerprint density at radius 2 is 1.70 bits per heavy atom. The molecule has 132 valence electrons. The van der Waals surface area contributed by atoms with Crippen molar-refractivity contribution in [1.29, 1.82) is 0 Å². The second kappa shape index (κ2) is 6.96. The highest BCUT2D eigenvalue weighted by Gasteiger charge is 2.28. The average Bonchev–Trinajstić information content (AvgIpc) is 2.29. The van der Waals surface area contributed by atoms with Crippen LogP contribution in [0.25, 0.3) is 0 Å². The number of aromatic hydroxyl groups is 1. The molecule has 0 radical (unpaired) electrons. The lowest BCUT2D eigenvalue weighted by atomic mass is 9.81. The Balaban J connectivity index is 3.19. The van der Waals surface area contributed by atoms with E-state index < -0.39 is 25.7 Å². The number of rotatable bonds is 7. The van der Waals surface area contributed by atoms with Crippen LogP contribution < -0.4 is 4.18 Å². The van der Waals surface area contributed by atoms with E-state index in [-0.39, 0.29) is 29.0 Å². The van der Waals surface area contributed by atoms with Crippen LogP contribution in [0.1, 0.15) is 25.8 Å². The fourth-order valence-electron chi connectivity index (χ4n) is 1.89. The van der Waals surface area contributed by atoms with E-state index >= 15 is 0 Å². The quantitative estimate of drug-likeness (QED) is 0.659. The van der Waals surface area contributed by atoms with Gasteiger partial charge in [0.2, 0.25) is 0 Å². The summed E-state index contributed by atoms with van der Waals surface area (Å²) < 4.78 is 54.9. The Bertz CT molecular complexity index is 783. The van der Waals surface area contributed by atoms with Gasteiger partial charge < -0.3 is 9.29 Å². The van der Waals surface area contributed by atoms with Crippen molar-refractivity contribution in [2.45, 2.75) is 25.7 Å². The largest absolute Gasteiger partial charge is 0.507 e. The van der Waals surface area contributed by atoms with Gasteiger partial charge in [0.15, 0.2) is 0 Å². The number of hydrogen-bond donors (Lipinski definition) is 1. The molecule has 0 bridgehead atoms. The molecular formula is C13H19BrO7S2. The molecule has 0 unspecified atom stereocenters. The number of halogens is 1. The molecule has 0 heterocycles. The molecule has 1 N–H and O–H groups in total. The van der Waals surface area contributed by atoms with Crippen LogP contribution in [0.15, 0.2) is 16.6 Å². The Morgan fingerprint density at radius 3 is 2.17 bits per heavy atom. The van der Waals surface area contributed by atoms with Crippen LogP contribution in [0.2, 0.25) is 0 Å². The zero-order chi connectivity index (χ0) is 18.1. The van der Waals surface area contributed by atoms with Crippen LogP contribution in [0.4, 0.5) is 0 Å². The zero-order valence-corrected chi connectivity index (χ0v) is 16.4. The maximum atomic E-state index is 11.4. The van der Waals surface area contributed by atoms with E-state index in [9.17, 15) is 21.9 Å². The van der Waals surface area contributed by atoms with Gasteiger partial charge in [-0.15, -0.1) is 0 Å². The van der Waals surface area contributed by atoms with Crippen molar-refractivity contribution < 1.29 is 30.3 Å². The van der Waals surface area contributed by atoms with Crippen molar-refractivity contribution in [2.24, 2.45) is 0 Å². The van der Waals surface area contributed by atoms with Crippen LogP contribution >= 0.6 is 15.9 Å². The first-order valence-corrected chi connectivity index (χ1v) is 10.9. The summed E-state index contributed by atoms with van der Waals surface area (Å²) in [6.07, 6.45) is 2.13. The maximum Gasteiger partial charge on any atom is 0.306 e. The first kappa shape index (κ1) is 20.2. The molecule has 10 heteroatoms. The molecular weight excluding hydrogens is 412 g/mol. The van der Waals surface area contributed by atoms with Gasteiger partial charge in [0.25, 0.3) is 10.1 Å². The van der Waals surface area contributed by atoms with Crippen molar-refractivity contribution in [3.63, 3.8) is 0 Å². The molecule has 0 saturated carbocycles. The predicted molar refractivity (Wildman–Crippen MR) is 89.7 cm³/mol. The third-order valence-corrected chi connectivity index (χ3v) is 4.76. The molecule has 0 aliphatic heterocycles. The van der Waals surface area contributed by atoms with Crippen LogP contribution in [0, 0.1) is 0 Å². The third kappa shape index (κ3) is 6.66. The Morgan fingerprint density at radius 1 is 1.13 bits per heavy atom. The molecule has 23 heavy (non-hydrogen) atoms. The molecule has 0 amide bonds. The molecule has 0 fully saturated rings. The second-order valence-corrected chi connectivity index (χ2v) is 9.82. The zero-order valence-electron chi connectivity index (χ0n) is 13.2. The lowest BCUT2D eigenvalue weighted by Crippen LogP contribution is -2.22. The fourth-order valence-corrected chi connectivity index (χ4v) is 3.06. The Kier molecular flexibility index (Phi) is 6.11. The fraction of sp³-hybridized carbons (Fsp3) is 0.538. The minimum atomic E-state index is -3.76. The van der Waals surface area contributed by atoms with Crippen molar-refractivity contribution in [3.8, 4) is 11.5 Å². The van der Waals surface area contributed by atoms with E-state index in [1.54, 1.807) is 13.8 Å². The van der Waals surface area contributed by atoms with Crippen molar-refractivity contribution in [1.82, 2.24) is 0 Å². The molecule has 0 spiro atoms. The van der Waals surface area contributed by atoms with E-state index in [1.165, 1.54) is 12.1 Å². The summed E-state index contributed by atoms with van der Waals surface area (Å²) in [4.78, 5) is 0. The predicted octanol–water partition coefficient (Wildman–Crippen LogP) is 2.14. The molecule has 0 aliphatic carbocycles. The highest BCUT2D eigenvalue weighted by molar-refractivity contribution is 9.10. The first-order valence-electron chi connectivity index (χ1n) is 6.48. The number of hydrogen-bond acceptors (Lipinski definition) is 7. The van der Waals surface area contributed by atoms with E-state index in [1.807, 2.05) is 0 Å². The Labute approximate surface area is 145 Å². The summed E-state index contributed by atoms with van der Waals surface area (Å²) in [6.45, 7) is 3.44. The molecule has 0 saturated heterocycles. The number of phenols is 1. The summed E-state index contributed by atoms with van der Waals surface area (Å²) in [5, 5.41) is 9.86. The van der Waals surface area contributed by atoms with Crippen molar-refractivity contribution >= 4 is 36.2 Å². The monoisotopic (exact) mass is 430 g/mol. The van der Waals surface area contributed by atoms with Gasteiger partial charge in [0.05, 0.1) is 23.6 Å². The molecule has 0 aliphatic rings. The smallest absolute Gasteiger partial charge is 0.306 e. The Hall–Kier alpha value is -0.840. The van der Waals surface area contributed by atoms with Gasteiger partial charge in [-0.2, -0.15) is 16.8 Å². The molecule has 0 atom stereocenters. The van der Waals surface area contributed by atoms with Gasteiger partial charge in [-0.05, 0) is 33.8 Å². The average molecular weight is 431 g/mol. The third-order valence-electron chi connectivity index (χ3n) is 3.04. The van der Waals surface area contributed by atoms with Crippen molar-refractivity contribution in [3.05, 3.63) is 22.2 Å². The summed E-state index contributed by atoms with van der Waals surface area (Å²) in [5.74, 6) is -0.0283. The SMILES string of the molecule is CC(C)(CCOS(C)(=O)=O)c1cc(O)c(Br)cc1OS(C)(=O)=O. The number of benzene rings is 1. The molecule has 1 aromatic carbocycles. The second-order valence-electron chi connectivity index (χ2n) is 5.75. The van der Waals surface area contributed by atoms with Gasteiger partial charge in [0, 0.05) is 11.6 Å². The van der Waals surface area contributed by atoms with Crippen LogP contribution in [0.5, 0.6) is 11.5 Å². The van der Waals surface area contributed by atoms with Gasteiger partial charge in [-0.25, -0.2) is 0 Å². The standard InChI is InChI=1S/C13H19BrO7S2/c1-13(2,5-6-20-22(3,16)17)9-7-11(15)10(14)8-12(9)21-23(4,18)19/h7-8,15H,5-6H2,1-4H3. The topological polar surface area (TPSA) is 107 Å². The summed E-state index contributed by atoms with van der Waals surface area (Å²) in [6, 6.07) is 2.73. The van der Waals surface area contributed by atoms with E-state index in [4.69, 9.17) is 8.37 Å². The van der Waals surface area contributed by atoms with Gasteiger partial charge in [0.1, 0.15) is 11.5 Å². The van der Waals surface area contributed by atoms with E-state index in [0.29, 0.717) is 5.56 Å². The summed E-state index contributed by atoms with van der Waals surface area (Å²) >= 11 is 3.10. The minimum absolute atomic E-state index is 0.0570. The molecule has 1 rings (SSSR count). The van der Waals surface area contributed by atoms with Crippen LogP contribution in [-0.4, -0.2) is 41.1 Å². The van der Waals surface area contributed by atoms with Crippen molar-refractivity contribution in [2.75, 3.05) is 19.1 Å². The molecule has 0 aromatic heterocycles. The normalized spacial score (nSPS) is 13.1. The van der Waals surface area contributed by atoms with Crippen LogP contribution in [0.3, 0.4) is 0 Å². The highest BCUT2D eigenvalue weighted by atomic mass is 79.9. The lowest BCUT2D eigenvalue weighted by molar-refractivity contribution is 0.277. The van der Waals surface area contributed by atoms with E-state index in [0.717, 1.165) is 12.5 Å². The molecule has 7 nitrogen and oxygen atoms in total. The summed E-state index contributed by atoms with van der Waals surface area (Å²) in [7, 11) is -7.33. The van der Waals surface area contributed by atoms with Crippen LogP contribution in [-0.2, 0) is 29.8 Å². The maximum absolute atomic E-state index is 11.4. The van der Waals surface area contributed by atoms with Gasteiger partial charge in [-0.1, -0.05) is 13.8 Å². The highest BCUT2D eigenvalue weighted by Crippen LogP contribution is 2.40. The first-order chi connectivity index (χ1) is 10.2. The minimum Gasteiger partial charge on any atom is -0.507 e. The van der Waals surface area contributed by atoms with Gasteiger partial charge in [-0.3, -0.25) is 4.18 Å². The number of phenolic OH excluding ortho intramolecular Hbond substituents is 1. The summed E-state index contributed by atoms with van der Waals surface area (Å²) in [5.41, 5.74) is -0.288. The van der Waals surface area contributed by atoms with E-state index in [2.05, 4.69) is 15.9 Å². The van der Waals surface area contributed by atoms with Gasteiger partial charge >= 0.3 is 10.1 Å². The lowest BCUT2D eigenvalue weighted by Gasteiger charge is -2.27.